The van der Waals surface area contributed by atoms with Crippen LogP contribution in [0.2, 0.25) is 0 Å². The SMILES string of the molecule is COc1ccc(N2C(=O)[C@H]3Sc4c(sc(=O)n4CC(=O)Nc4cccc5ccccc45)C(C)(C)[C@H]3C2=O)cc1. The van der Waals surface area contributed by atoms with Crippen LogP contribution in [0.4, 0.5) is 11.4 Å². The van der Waals surface area contributed by atoms with Crippen LogP contribution in [-0.2, 0) is 26.3 Å². The molecular weight excluding hydrogens is 534 g/mol. The van der Waals surface area contributed by atoms with Gasteiger partial charge in [-0.1, -0.05) is 73.3 Å². The van der Waals surface area contributed by atoms with Crippen molar-refractivity contribution in [2.45, 2.75) is 36.1 Å². The highest BCUT2D eigenvalue weighted by atomic mass is 32.2. The highest BCUT2D eigenvalue weighted by molar-refractivity contribution is 8.00. The van der Waals surface area contributed by atoms with E-state index in [0.29, 0.717) is 22.2 Å². The number of ether oxygens (including phenoxy) is 1. The lowest BCUT2D eigenvalue weighted by atomic mass is 9.76. The Morgan fingerprint density at radius 2 is 1.69 bits per heavy atom. The first kappa shape index (κ1) is 25.4. The molecule has 198 valence electrons. The van der Waals surface area contributed by atoms with Crippen molar-refractivity contribution in [1.82, 2.24) is 4.57 Å². The van der Waals surface area contributed by atoms with Crippen LogP contribution in [0.25, 0.3) is 10.8 Å². The number of thiazole rings is 1. The smallest absolute Gasteiger partial charge is 0.308 e. The highest BCUT2D eigenvalue weighted by Crippen LogP contribution is 2.54. The number of nitrogens with zero attached hydrogens (tertiary/aromatic N) is 2. The normalized spacial score (nSPS) is 19.6. The van der Waals surface area contributed by atoms with Gasteiger partial charge in [0.25, 0.3) is 0 Å². The topological polar surface area (TPSA) is 97.7 Å². The maximum atomic E-state index is 13.6. The number of carbonyl (C=O) groups is 3. The number of methoxy groups -OCH3 is 1. The number of aromatic nitrogens is 1. The molecule has 0 aliphatic carbocycles. The Kier molecular flexibility index (Phi) is 6.11. The fourth-order valence-electron chi connectivity index (χ4n) is 5.42. The minimum atomic E-state index is -0.777. The second-order valence-electron chi connectivity index (χ2n) is 10.1. The van der Waals surface area contributed by atoms with Gasteiger partial charge in [-0.05, 0) is 35.7 Å². The van der Waals surface area contributed by atoms with Crippen molar-refractivity contribution in [3.05, 3.63) is 81.3 Å². The molecule has 3 aromatic carbocycles. The summed E-state index contributed by atoms with van der Waals surface area (Å²) in [5.41, 5.74) is 0.363. The maximum absolute atomic E-state index is 13.6. The van der Waals surface area contributed by atoms with Gasteiger partial charge in [0, 0.05) is 21.4 Å². The number of imide groups is 1. The van der Waals surface area contributed by atoms with Crippen LogP contribution in [0.3, 0.4) is 0 Å². The van der Waals surface area contributed by atoms with Crippen molar-refractivity contribution in [2.24, 2.45) is 5.92 Å². The molecule has 8 nitrogen and oxygen atoms in total. The largest absolute Gasteiger partial charge is 0.497 e. The molecule has 2 atom stereocenters. The van der Waals surface area contributed by atoms with Gasteiger partial charge >= 0.3 is 4.87 Å². The van der Waals surface area contributed by atoms with Crippen LogP contribution < -0.4 is 19.8 Å². The monoisotopic (exact) mass is 559 g/mol. The van der Waals surface area contributed by atoms with Crippen molar-refractivity contribution < 1.29 is 19.1 Å². The highest BCUT2D eigenvalue weighted by Gasteiger charge is 2.59. The molecule has 3 heterocycles. The van der Waals surface area contributed by atoms with E-state index in [1.807, 2.05) is 56.3 Å². The zero-order chi connectivity index (χ0) is 27.5. The lowest BCUT2D eigenvalue weighted by Crippen LogP contribution is -2.41. The molecule has 2 aliphatic heterocycles. The number of nitrogens with one attached hydrogen (secondary N) is 1. The fourth-order valence-corrected chi connectivity index (χ4v) is 8.46. The molecule has 1 saturated heterocycles. The number of carbonyl (C=O) groups excluding carboxylic acids is 3. The van der Waals surface area contributed by atoms with Gasteiger partial charge < -0.3 is 10.1 Å². The molecule has 4 aromatic rings. The molecule has 1 aromatic heterocycles. The minimum Gasteiger partial charge on any atom is -0.497 e. The zero-order valence-corrected chi connectivity index (χ0v) is 23.1. The number of anilines is 2. The fraction of sp³-hybridized carbons (Fsp3) is 0.241. The van der Waals surface area contributed by atoms with Gasteiger partial charge in [-0.15, -0.1) is 0 Å². The Hall–Kier alpha value is -3.89. The number of amides is 3. The van der Waals surface area contributed by atoms with E-state index in [1.165, 1.54) is 21.2 Å². The van der Waals surface area contributed by atoms with Crippen molar-refractivity contribution in [2.75, 3.05) is 17.3 Å². The summed E-state index contributed by atoms with van der Waals surface area (Å²) in [5, 5.41) is 4.70. The van der Waals surface area contributed by atoms with Gasteiger partial charge in [0.1, 0.15) is 17.5 Å². The maximum Gasteiger partial charge on any atom is 0.308 e. The third-order valence-electron chi connectivity index (χ3n) is 7.40. The Balaban J connectivity index is 1.31. The molecule has 0 spiro atoms. The van der Waals surface area contributed by atoms with Crippen LogP contribution in [0.5, 0.6) is 5.75 Å². The van der Waals surface area contributed by atoms with Gasteiger partial charge in [0.2, 0.25) is 17.7 Å². The van der Waals surface area contributed by atoms with Crippen molar-refractivity contribution in [3.63, 3.8) is 0 Å². The first-order valence-corrected chi connectivity index (χ1v) is 14.1. The summed E-state index contributed by atoms with van der Waals surface area (Å²) in [5.74, 6) is -0.981. The first-order chi connectivity index (χ1) is 18.7. The van der Waals surface area contributed by atoms with Gasteiger partial charge in [-0.3, -0.25) is 23.7 Å². The van der Waals surface area contributed by atoms with E-state index >= 15 is 0 Å². The molecule has 1 N–H and O–H groups in total. The first-order valence-electron chi connectivity index (χ1n) is 12.4. The molecule has 2 aliphatic rings. The van der Waals surface area contributed by atoms with Crippen molar-refractivity contribution in [3.8, 4) is 5.75 Å². The summed E-state index contributed by atoms with van der Waals surface area (Å²) in [6.07, 6.45) is 0. The van der Waals surface area contributed by atoms with Crippen LogP contribution >= 0.6 is 23.1 Å². The molecule has 3 amide bonds. The Morgan fingerprint density at radius 3 is 2.44 bits per heavy atom. The Labute approximate surface area is 232 Å². The second kappa shape index (κ2) is 9.39. The van der Waals surface area contributed by atoms with E-state index in [9.17, 15) is 19.2 Å². The number of hydrogen-bond acceptors (Lipinski definition) is 7. The number of fused-ring (bicyclic) bond motifs is 3. The zero-order valence-electron chi connectivity index (χ0n) is 21.5. The Bertz CT molecular complexity index is 1700. The minimum absolute atomic E-state index is 0.196. The third-order valence-corrected chi connectivity index (χ3v) is 10.2. The lowest BCUT2D eigenvalue weighted by molar-refractivity contribution is -0.123. The molecule has 6 rings (SSSR count). The van der Waals surface area contributed by atoms with E-state index < -0.39 is 16.6 Å². The summed E-state index contributed by atoms with van der Waals surface area (Å²) in [4.78, 5) is 55.1. The predicted octanol–water partition coefficient (Wildman–Crippen LogP) is 4.65. The quantitative estimate of drug-likeness (QED) is 0.358. The van der Waals surface area contributed by atoms with Gasteiger partial charge in [0.05, 0.1) is 23.7 Å². The molecule has 10 heteroatoms. The Morgan fingerprint density at radius 1 is 0.974 bits per heavy atom. The molecule has 0 unspecified atom stereocenters. The molecule has 39 heavy (non-hydrogen) atoms. The summed E-state index contributed by atoms with van der Waals surface area (Å²) < 4.78 is 6.63. The van der Waals surface area contributed by atoms with Crippen molar-refractivity contribution in [1.29, 1.82) is 0 Å². The van der Waals surface area contributed by atoms with E-state index in [4.69, 9.17) is 4.74 Å². The summed E-state index contributed by atoms with van der Waals surface area (Å²) in [6, 6.07) is 20.2. The van der Waals surface area contributed by atoms with Crippen LogP contribution in [0, 0.1) is 5.92 Å². The molecule has 0 radical (unpaired) electrons. The van der Waals surface area contributed by atoms with Gasteiger partial charge in [-0.2, -0.15) is 0 Å². The van der Waals surface area contributed by atoms with Gasteiger partial charge in [-0.25, -0.2) is 4.90 Å². The van der Waals surface area contributed by atoms with Crippen LogP contribution in [-0.4, -0.2) is 34.6 Å². The standard InChI is InChI=1S/C29H25N3O5S2/c1-29(2)22-23(26(35)32(25(22)34)17-11-13-18(37-3)14-12-17)38-27-24(29)39-28(36)31(27)15-21(33)30-20-10-6-8-16-7-4-5-9-19(16)20/h4-14,22-23H,15H2,1-3H3,(H,30,33)/t22-,23+/m1/s1. The molecule has 0 saturated carbocycles. The third kappa shape index (κ3) is 4.06. The summed E-state index contributed by atoms with van der Waals surface area (Å²) in [6.45, 7) is 3.59. The molecule has 0 bridgehead atoms. The van der Waals surface area contributed by atoms with E-state index in [0.717, 1.165) is 27.0 Å². The van der Waals surface area contributed by atoms with E-state index in [2.05, 4.69) is 5.32 Å². The van der Waals surface area contributed by atoms with Crippen molar-refractivity contribution >= 4 is 63.0 Å². The van der Waals surface area contributed by atoms with Gasteiger partial charge in [0.15, 0.2) is 0 Å². The number of rotatable bonds is 5. The van der Waals surface area contributed by atoms with E-state index in [-0.39, 0.29) is 29.1 Å². The summed E-state index contributed by atoms with van der Waals surface area (Å²) >= 11 is 2.24. The number of hydrogen-bond donors (Lipinski definition) is 1. The number of thioether (sulfide) groups is 1. The second-order valence-corrected chi connectivity index (χ2v) is 12.2. The van der Waals surface area contributed by atoms with E-state index in [1.54, 1.807) is 31.4 Å². The number of benzene rings is 3. The van der Waals surface area contributed by atoms with Crippen LogP contribution in [0.1, 0.15) is 18.7 Å². The molecule has 1 fully saturated rings. The predicted molar refractivity (Wildman–Crippen MR) is 153 cm³/mol. The van der Waals surface area contributed by atoms with Crippen LogP contribution in [0.15, 0.2) is 76.6 Å². The average molecular weight is 560 g/mol. The molecular formula is C29H25N3O5S2. The summed E-state index contributed by atoms with van der Waals surface area (Å²) in [7, 11) is 1.55. The lowest BCUT2D eigenvalue weighted by Gasteiger charge is -2.36. The average Bonchev–Trinajstić information content (AvgIpc) is 3.38.